The molecule has 0 aliphatic carbocycles. The maximum Gasteiger partial charge on any atom is 0.188 e. The van der Waals surface area contributed by atoms with E-state index in [1.54, 1.807) is 0 Å². The van der Waals surface area contributed by atoms with E-state index in [4.69, 9.17) is 21.1 Å². The van der Waals surface area contributed by atoms with Crippen molar-refractivity contribution in [3.8, 4) is 0 Å². The van der Waals surface area contributed by atoms with Gasteiger partial charge < -0.3 is 14.3 Å². The molecule has 0 aromatic heterocycles. The van der Waals surface area contributed by atoms with Crippen molar-refractivity contribution in [3.05, 3.63) is 34.9 Å². The molecule has 2 rings (SSSR count). The van der Waals surface area contributed by atoms with Crippen molar-refractivity contribution in [2.45, 2.75) is 89.5 Å². The summed E-state index contributed by atoms with van der Waals surface area (Å²) >= 11 is 6.32. The van der Waals surface area contributed by atoms with Crippen molar-refractivity contribution in [2.75, 3.05) is 0 Å². The van der Waals surface area contributed by atoms with Crippen LogP contribution in [0.15, 0.2) is 24.3 Å². The zero-order valence-electron chi connectivity index (χ0n) is 16.4. The molecule has 142 valence electrons. The lowest BCUT2D eigenvalue weighted by Crippen LogP contribution is -2.39. The van der Waals surface area contributed by atoms with Gasteiger partial charge in [-0.15, -0.1) is 0 Å². The van der Waals surface area contributed by atoms with Crippen molar-refractivity contribution >= 4 is 19.9 Å². The van der Waals surface area contributed by atoms with Crippen LogP contribution in [0.25, 0.3) is 0 Å². The molecule has 0 unspecified atom stereocenters. The molecule has 3 nitrogen and oxygen atoms in total. The van der Waals surface area contributed by atoms with Gasteiger partial charge in [0.1, 0.15) is 0 Å². The second-order valence-corrected chi connectivity index (χ2v) is 13.7. The van der Waals surface area contributed by atoms with Gasteiger partial charge in [0.2, 0.25) is 0 Å². The van der Waals surface area contributed by atoms with Crippen LogP contribution in [-0.4, -0.2) is 31.1 Å². The summed E-state index contributed by atoms with van der Waals surface area (Å²) in [7, 11) is -2.16. The summed E-state index contributed by atoms with van der Waals surface area (Å²) in [4.78, 5) is 10.5. The minimum atomic E-state index is -2.16. The summed E-state index contributed by atoms with van der Waals surface area (Å²) < 4.78 is 12.3. The van der Waals surface area contributed by atoms with E-state index < -0.39 is 14.1 Å². The second kappa shape index (κ2) is 7.69. The van der Waals surface area contributed by atoms with Gasteiger partial charge in [-0.3, -0.25) is 0 Å². The highest BCUT2D eigenvalue weighted by atomic mass is 35.5. The summed E-state index contributed by atoms with van der Waals surface area (Å²) in [6.07, 6.45) is 3.79. The maximum atomic E-state index is 10.5. The number of hydrogen-bond acceptors (Lipinski definition) is 3. The summed E-state index contributed by atoms with van der Waals surface area (Å²) in [6.45, 7) is 12.3. The third-order valence-electron chi connectivity index (χ3n) is 5.61. The average molecular weight is 385 g/mol. The second-order valence-electron chi connectivity index (χ2n) is 8.84. The molecule has 1 heterocycles. The Labute approximate surface area is 158 Å². The summed E-state index contributed by atoms with van der Waals surface area (Å²) in [6, 6.07) is 7.93. The molecular formula is C20H33ClO3Si. The molecule has 1 fully saturated rings. The molecule has 0 bridgehead atoms. The first-order chi connectivity index (χ1) is 11.4. The number of halogens is 1. The van der Waals surface area contributed by atoms with Gasteiger partial charge in [0, 0.05) is 11.4 Å². The fourth-order valence-electron chi connectivity index (χ4n) is 3.26. The SMILES string of the molecule is CC1(C)O[C@H](CCCC(C)(C)[Si](C)(C)O)[C@@H](Cc2ccccc2Cl)O1. The van der Waals surface area contributed by atoms with Crippen LogP contribution in [0, 0.1) is 0 Å². The van der Waals surface area contributed by atoms with Crippen molar-refractivity contribution in [3.63, 3.8) is 0 Å². The van der Waals surface area contributed by atoms with Crippen LogP contribution in [0.1, 0.15) is 52.5 Å². The molecule has 5 heteroatoms. The molecule has 1 aromatic rings. The van der Waals surface area contributed by atoms with Crippen LogP contribution in [0.4, 0.5) is 0 Å². The van der Waals surface area contributed by atoms with Crippen LogP contribution in [0.5, 0.6) is 0 Å². The zero-order chi connectivity index (χ0) is 18.9. The van der Waals surface area contributed by atoms with Crippen molar-refractivity contribution in [2.24, 2.45) is 0 Å². The Morgan fingerprint density at radius 2 is 1.76 bits per heavy atom. The highest BCUT2D eigenvalue weighted by molar-refractivity contribution is 6.72. The van der Waals surface area contributed by atoms with E-state index in [0.29, 0.717) is 0 Å². The molecule has 0 radical (unpaired) electrons. The summed E-state index contributed by atoms with van der Waals surface area (Å²) in [5.41, 5.74) is 1.10. The molecule has 2 atom stereocenters. The minimum Gasteiger partial charge on any atom is -0.432 e. The van der Waals surface area contributed by atoms with Gasteiger partial charge in [0.05, 0.1) is 12.2 Å². The number of ether oxygens (including phenoxy) is 2. The van der Waals surface area contributed by atoms with Crippen LogP contribution in [0.3, 0.4) is 0 Å². The average Bonchev–Trinajstić information content (AvgIpc) is 2.74. The quantitative estimate of drug-likeness (QED) is 0.626. The summed E-state index contributed by atoms with van der Waals surface area (Å²) in [5.74, 6) is -0.558. The highest BCUT2D eigenvalue weighted by Crippen LogP contribution is 2.41. The number of rotatable bonds is 7. The minimum absolute atomic E-state index is 0.000212. The first-order valence-electron chi connectivity index (χ1n) is 9.23. The Morgan fingerprint density at radius 3 is 2.36 bits per heavy atom. The predicted octanol–water partition coefficient (Wildman–Crippen LogP) is 5.55. The fourth-order valence-corrected chi connectivity index (χ4v) is 4.26. The van der Waals surface area contributed by atoms with Gasteiger partial charge in [-0.1, -0.05) is 50.1 Å². The van der Waals surface area contributed by atoms with Crippen molar-refractivity contribution in [1.29, 1.82) is 0 Å². The van der Waals surface area contributed by atoms with Gasteiger partial charge in [-0.05, 0) is 56.5 Å². The molecule has 1 aliphatic rings. The standard InChI is InChI=1S/C20H33ClO3Si/c1-19(2,25(5,6)22)13-9-12-17-18(24-20(3,4)23-17)14-15-10-7-8-11-16(15)21/h7-8,10-11,17-18,22H,9,12-14H2,1-6H3/t17-,18-/m1/s1. The lowest BCUT2D eigenvalue weighted by atomic mass is 9.97. The van der Waals surface area contributed by atoms with Crippen LogP contribution in [0.2, 0.25) is 23.2 Å². The maximum absolute atomic E-state index is 10.5. The lowest BCUT2D eigenvalue weighted by Gasteiger charge is -2.35. The molecular weight excluding hydrogens is 352 g/mol. The Balaban J connectivity index is 1.99. The molecule has 1 N–H and O–H groups in total. The Morgan fingerprint density at radius 1 is 1.16 bits per heavy atom. The van der Waals surface area contributed by atoms with E-state index in [1.165, 1.54) is 0 Å². The molecule has 1 aliphatic heterocycles. The fraction of sp³-hybridized carbons (Fsp3) is 0.700. The Kier molecular flexibility index (Phi) is 6.43. The van der Waals surface area contributed by atoms with Crippen LogP contribution < -0.4 is 0 Å². The van der Waals surface area contributed by atoms with Gasteiger partial charge in [-0.2, -0.15) is 0 Å². The zero-order valence-corrected chi connectivity index (χ0v) is 18.2. The van der Waals surface area contributed by atoms with Crippen LogP contribution >= 0.6 is 11.6 Å². The third-order valence-corrected chi connectivity index (χ3v) is 9.54. The highest BCUT2D eigenvalue weighted by Gasteiger charge is 2.42. The summed E-state index contributed by atoms with van der Waals surface area (Å²) in [5, 5.41) is 0.781. The van der Waals surface area contributed by atoms with E-state index >= 15 is 0 Å². The molecule has 25 heavy (non-hydrogen) atoms. The molecule has 1 aromatic carbocycles. The van der Waals surface area contributed by atoms with E-state index in [1.807, 2.05) is 45.1 Å². The Bertz CT molecular complexity index is 581. The number of hydrogen-bond donors (Lipinski definition) is 1. The molecule has 0 spiro atoms. The third kappa shape index (κ3) is 5.54. The molecule has 0 saturated carbocycles. The van der Waals surface area contributed by atoms with Gasteiger partial charge >= 0.3 is 0 Å². The van der Waals surface area contributed by atoms with E-state index in [9.17, 15) is 4.80 Å². The normalized spacial score (nSPS) is 23.8. The lowest BCUT2D eigenvalue weighted by molar-refractivity contribution is -0.146. The van der Waals surface area contributed by atoms with E-state index in [0.717, 1.165) is 36.3 Å². The Hall–Kier alpha value is -0.393. The van der Waals surface area contributed by atoms with E-state index in [2.05, 4.69) is 19.9 Å². The molecule has 1 saturated heterocycles. The number of benzene rings is 1. The first kappa shape index (κ1) is 20.9. The van der Waals surface area contributed by atoms with E-state index in [-0.39, 0.29) is 17.2 Å². The topological polar surface area (TPSA) is 38.7 Å². The van der Waals surface area contributed by atoms with Gasteiger partial charge in [0.25, 0.3) is 0 Å². The van der Waals surface area contributed by atoms with Crippen LogP contribution in [-0.2, 0) is 15.9 Å². The first-order valence-corrected chi connectivity index (χ1v) is 12.6. The smallest absolute Gasteiger partial charge is 0.188 e. The van der Waals surface area contributed by atoms with Gasteiger partial charge in [0.15, 0.2) is 14.1 Å². The van der Waals surface area contributed by atoms with Crippen molar-refractivity contribution in [1.82, 2.24) is 0 Å². The van der Waals surface area contributed by atoms with Crippen molar-refractivity contribution < 1.29 is 14.3 Å². The van der Waals surface area contributed by atoms with Gasteiger partial charge in [-0.25, -0.2) is 0 Å². The largest absolute Gasteiger partial charge is 0.432 e. The monoisotopic (exact) mass is 384 g/mol. The predicted molar refractivity (Wildman–Crippen MR) is 107 cm³/mol. The molecule has 0 amide bonds.